The summed E-state index contributed by atoms with van der Waals surface area (Å²) < 4.78 is 34.1. The standard InChI is InChI=1S/C55H99NO18/c1-3-5-7-9-11-13-15-17-19-21-23-25-27-29-31-33-43(61)56-38(39(60)32-30-28-26-24-22-20-18-16-14-12-10-8-6-4-2)37-69-53-49(67)46(64)51(41(35-58)71-53)74-55-50(68)47(65)52(42(36-59)72-55)73-54-48(66)45(63)44(62)40(34-57)70-54/h17,19,22,24,30,32,38-42,44-55,57-60,62-68H,3-16,18,20-21,23,25-29,31,33-37H2,1-2H3,(H,56,61)/b19-17-,24-22+,32-30+. The maximum absolute atomic E-state index is 13.3. The van der Waals surface area contributed by atoms with Gasteiger partial charge in [0.25, 0.3) is 0 Å². The van der Waals surface area contributed by atoms with Gasteiger partial charge in [0, 0.05) is 6.42 Å². The first-order chi connectivity index (χ1) is 35.8. The number of ether oxygens (including phenoxy) is 6. The van der Waals surface area contributed by atoms with E-state index in [9.17, 15) is 61.0 Å². The molecule has 17 atom stereocenters. The third-order valence-corrected chi connectivity index (χ3v) is 14.2. The summed E-state index contributed by atoms with van der Waals surface area (Å²) in [7, 11) is 0. The zero-order valence-electron chi connectivity index (χ0n) is 44.6. The smallest absolute Gasteiger partial charge is 0.220 e. The van der Waals surface area contributed by atoms with Gasteiger partial charge in [-0.05, 0) is 57.8 Å². The lowest BCUT2D eigenvalue weighted by Gasteiger charge is -2.48. The van der Waals surface area contributed by atoms with E-state index in [2.05, 4.69) is 43.5 Å². The van der Waals surface area contributed by atoms with Crippen LogP contribution < -0.4 is 5.32 Å². The first-order valence-electron chi connectivity index (χ1n) is 28.2. The molecule has 3 saturated heterocycles. The van der Waals surface area contributed by atoms with Crippen LogP contribution in [-0.2, 0) is 33.2 Å². The molecular weight excluding hydrogens is 963 g/mol. The van der Waals surface area contributed by atoms with Gasteiger partial charge >= 0.3 is 0 Å². The van der Waals surface area contributed by atoms with Crippen molar-refractivity contribution in [2.24, 2.45) is 0 Å². The summed E-state index contributed by atoms with van der Waals surface area (Å²) in [4.78, 5) is 13.3. The quantitative estimate of drug-likeness (QED) is 0.0307. The lowest BCUT2D eigenvalue weighted by molar-refractivity contribution is -0.379. The lowest BCUT2D eigenvalue weighted by atomic mass is 9.96. The van der Waals surface area contributed by atoms with Gasteiger partial charge in [-0.1, -0.05) is 147 Å². The Kier molecular flexibility index (Phi) is 35.3. The Bertz CT molecular complexity index is 1500. The van der Waals surface area contributed by atoms with E-state index in [-0.39, 0.29) is 18.9 Å². The molecule has 0 aliphatic carbocycles. The normalized spacial score (nSPS) is 31.7. The van der Waals surface area contributed by atoms with Crippen LogP contribution in [0, 0.1) is 0 Å². The van der Waals surface area contributed by atoms with Gasteiger partial charge in [0.15, 0.2) is 18.9 Å². The Balaban J connectivity index is 1.55. The van der Waals surface area contributed by atoms with Gasteiger partial charge in [0.1, 0.15) is 73.2 Å². The Morgan fingerprint density at radius 3 is 1.35 bits per heavy atom. The second kappa shape index (κ2) is 39.4. The summed E-state index contributed by atoms with van der Waals surface area (Å²) in [5.74, 6) is -0.297. The summed E-state index contributed by atoms with van der Waals surface area (Å²) in [5, 5.41) is 120. The molecule has 432 valence electrons. The van der Waals surface area contributed by atoms with E-state index in [0.717, 1.165) is 57.8 Å². The maximum Gasteiger partial charge on any atom is 0.220 e. The van der Waals surface area contributed by atoms with Crippen LogP contribution in [0.25, 0.3) is 0 Å². The molecule has 0 radical (unpaired) electrons. The average Bonchev–Trinajstić information content (AvgIpc) is 3.40. The molecule has 19 heteroatoms. The number of carbonyl (C=O) groups excluding carboxylic acids is 1. The highest BCUT2D eigenvalue weighted by atomic mass is 16.8. The third kappa shape index (κ3) is 23.9. The number of hydrogen-bond donors (Lipinski definition) is 12. The van der Waals surface area contributed by atoms with Crippen LogP contribution in [0.5, 0.6) is 0 Å². The SMILES string of the molecule is CCCCCCCC/C=C\CCCCCCCC(=O)NC(COC1OC(CO)C(OC2OC(CO)C(OC3OC(CO)C(O)C(O)C3O)C(O)C2O)C(O)C1O)C(O)/C=C/CC/C=C/CCCCCCCCCC. The van der Waals surface area contributed by atoms with Crippen LogP contribution in [0.2, 0.25) is 0 Å². The molecule has 3 fully saturated rings. The molecular formula is C55H99NO18. The van der Waals surface area contributed by atoms with Crippen molar-refractivity contribution in [2.45, 2.75) is 279 Å². The number of carbonyl (C=O) groups is 1. The highest BCUT2D eigenvalue weighted by Gasteiger charge is 2.53. The molecule has 0 saturated carbocycles. The molecule has 0 spiro atoms. The predicted octanol–water partition coefficient (Wildman–Crippen LogP) is 3.76. The molecule has 3 aliphatic heterocycles. The Hall–Kier alpha value is -1.99. The van der Waals surface area contributed by atoms with E-state index in [1.54, 1.807) is 6.08 Å². The molecule has 1 amide bonds. The number of unbranched alkanes of at least 4 members (excludes halogenated alkanes) is 20. The third-order valence-electron chi connectivity index (χ3n) is 14.2. The largest absolute Gasteiger partial charge is 0.394 e. The molecule has 74 heavy (non-hydrogen) atoms. The van der Waals surface area contributed by atoms with Crippen LogP contribution in [0.1, 0.15) is 174 Å². The molecule has 0 bridgehead atoms. The molecule has 3 heterocycles. The van der Waals surface area contributed by atoms with Crippen LogP contribution in [-0.4, -0.2) is 193 Å². The Morgan fingerprint density at radius 2 is 0.865 bits per heavy atom. The van der Waals surface area contributed by atoms with E-state index in [4.69, 9.17) is 28.4 Å². The maximum atomic E-state index is 13.3. The fraction of sp³-hybridized carbons (Fsp3) is 0.873. The zero-order valence-corrected chi connectivity index (χ0v) is 44.6. The van der Waals surface area contributed by atoms with Gasteiger partial charge in [0.05, 0.1) is 38.6 Å². The van der Waals surface area contributed by atoms with E-state index in [1.807, 2.05) is 6.08 Å². The fourth-order valence-corrected chi connectivity index (χ4v) is 9.43. The van der Waals surface area contributed by atoms with Gasteiger partial charge in [-0.25, -0.2) is 0 Å². The summed E-state index contributed by atoms with van der Waals surface area (Å²) in [6.45, 7) is 1.66. The summed E-state index contributed by atoms with van der Waals surface area (Å²) in [5.41, 5.74) is 0. The molecule has 19 nitrogen and oxygen atoms in total. The molecule has 0 aromatic rings. The second-order valence-electron chi connectivity index (χ2n) is 20.4. The van der Waals surface area contributed by atoms with Crippen LogP contribution >= 0.6 is 0 Å². The molecule has 3 rings (SSSR count). The van der Waals surface area contributed by atoms with Gasteiger partial charge in [0.2, 0.25) is 5.91 Å². The van der Waals surface area contributed by atoms with Gasteiger partial charge in [-0.3, -0.25) is 4.79 Å². The first kappa shape index (κ1) is 66.3. The zero-order chi connectivity index (χ0) is 54.1. The number of aliphatic hydroxyl groups is 11. The van der Waals surface area contributed by atoms with Crippen LogP contribution in [0.15, 0.2) is 36.5 Å². The summed E-state index contributed by atoms with van der Waals surface area (Å²) in [6.07, 6.45) is 12.8. The average molecular weight is 1060 g/mol. The lowest BCUT2D eigenvalue weighted by Crippen LogP contribution is -2.66. The van der Waals surface area contributed by atoms with Crippen molar-refractivity contribution in [3.63, 3.8) is 0 Å². The van der Waals surface area contributed by atoms with E-state index < -0.39 is 124 Å². The Morgan fingerprint density at radius 1 is 0.473 bits per heavy atom. The molecule has 12 N–H and O–H groups in total. The van der Waals surface area contributed by atoms with Gasteiger partial charge < -0.3 is 89.9 Å². The number of allylic oxidation sites excluding steroid dienone is 5. The topological polar surface area (TPSA) is 307 Å². The fourth-order valence-electron chi connectivity index (χ4n) is 9.43. The monoisotopic (exact) mass is 1060 g/mol. The predicted molar refractivity (Wildman–Crippen MR) is 277 cm³/mol. The van der Waals surface area contributed by atoms with Gasteiger partial charge in [-0.2, -0.15) is 0 Å². The van der Waals surface area contributed by atoms with Crippen molar-refractivity contribution >= 4 is 5.91 Å². The molecule has 17 unspecified atom stereocenters. The number of nitrogens with one attached hydrogen (secondary N) is 1. The van der Waals surface area contributed by atoms with Crippen molar-refractivity contribution in [1.29, 1.82) is 0 Å². The minimum absolute atomic E-state index is 0.225. The number of hydrogen-bond acceptors (Lipinski definition) is 18. The minimum atomic E-state index is -1.98. The minimum Gasteiger partial charge on any atom is -0.394 e. The second-order valence-corrected chi connectivity index (χ2v) is 20.4. The highest BCUT2D eigenvalue weighted by molar-refractivity contribution is 5.76. The summed E-state index contributed by atoms with van der Waals surface area (Å²) >= 11 is 0. The highest BCUT2D eigenvalue weighted by Crippen LogP contribution is 2.33. The van der Waals surface area contributed by atoms with Crippen LogP contribution in [0.4, 0.5) is 0 Å². The first-order valence-corrected chi connectivity index (χ1v) is 28.2. The Labute approximate surface area is 440 Å². The van der Waals surface area contributed by atoms with Crippen molar-refractivity contribution < 1.29 is 89.4 Å². The van der Waals surface area contributed by atoms with E-state index in [0.29, 0.717) is 12.8 Å². The summed E-state index contributed by atoms with van der Waals surface area (Å²) in [6, 6.07) is -0.991. The van der Waals surface area contributed by atoms with Crippen molar-refractivity contribution in [3.05, 3.63) is 36.5 Å². The molecule has 0 aromatic carbocycles. The van der Waals surface area contributed by atoms with E-state index >= 15 is 0 Å². The molecule has 3 aliphatic rings. The molecule has 0 aromatic heterocycles. The van der Waals surface area contributed by atoms with Crippen molar-refractivity contribution in [2.75, 3.05) is 26.4 Å². The van der Waals surface area contributed by atoms with Crippen LogP contribution in [0.3, 0.4) is 0 Å². The van der Waals surface area contributed by atoms with Crippen molar-refractivity contribution in [1.82, 2.24) is 5.32 Å². The number of amides is 1. The van der Waals surface area contributed by atoms with Gasteiger partial charge in [-0.15, -0.1) is 0 Å². The number of aliphatic hydroxyl groups excluding tert-OH is 11. The van der Waals surface area contributed by atoms with Crippen molar-refractivity contribution in [3.8, 4) is 0 Å². The number of rotatable bonds is 40. The van der Waals surface area contributed by atoms with E-state index in [1.165, 1.54) is 83.5 Å².